The molecular formula is C14H11ClN2O3. The van der Waals surface area contributed by atoms with E-state index in [1.165, 1.54) is 18.3 Å². The number of benzene rings is 1. The number of carboxylic acid groups (broad SMARTS) is 1. The summed E-state index contributed by atoms with van der Waals surface area (Å²) in [5.41, 5.74) is 1.47. The fourth-order valence-corrected chi connectivity index (χ4v) is 1.83. The number of rotatable bonds is 3. The minimum atomic E-state index is -1.12. The zero-order valence-electron chi connectivity index (χ0n) is 10.6. The van der Waals surface area contributed by atoms with Crippen LogP contribution in [0.3, 0.4) is 0 Å². The quantitative estimate of drug-likeness (QED) is 0.911. The summed E-state index contributed by atoms with van der Waals surface area (Å²) >= 11 is 6.07. The van der Waals surface area contributed by atoms with E-state index in [1.54, 1.807) is 12.1 Å². The minimum Gasteiger partial charge on any atom is -0.477 e. The van der Waals surface area contributed by atoms with Crippen LogP contribution in [-0.4, -0.2) is 22.0 Å². The highest BCUT2D eigenvalue weighted by Crippen LogP contribution is 2.21. The van der Waals surface area contributed by atoms with Crippen molar-refractivity contribution in [2.24, 2.45) is 0 Å². The maximum absolute atomic E-state index is 12.1. The Labute approximate surface area is 120 Å². The van der Waals surface area contributed by atoms with Crippen LogP contribution in [0, 0.1) is 6.92 Å². The number of carbonyl (C=O) groups is 2. The molecule has 6 heteroatoms. The van der Waals surface area contributed by atoms with Crippen molar-refractivity contribution in [1.29, 1.82) is 0 Å². The summed E-state index contributed by atoms with van der Waals surface area (Å²) in [6, 6.07) is 7.95. The van der Waals surface area contributed by atoms with Crippen molar-refractivity contribution in [3.63, 3.8) is 0 Å². The number of carboxylic acids is 1. The molecule has 2 aromatic rings. The molecule has 2 N–H and O–H groups in total. The zero-order chi connectivity index (χ0) is 14.7. The van der Waals surface area contributed by atoms with Gasteiger partial charge in [0.15, 0.2) is 0 Å². The van der Waals surface area contributed by atoms with Crippen LogP contribution >= 0.6 is 11.6 Å². The summed E-state index contributed by atoms with van der Waals surface area (Å²) in [6.45, 7) is 1.81. The Morgan fingerprint density at radius 1 is 1.25 bits per heavy atom. The summed E-state index contributed by atoms with van der Waals surface area (Å²) in [6.07, 6.45) is 1.28. The second kappa shape index (κ2) is 5.71. The SMILES string of the molecule is Cc1cccc(C(=O)Nc2ccc(C(=O)O)nc2)c1Cl. The lowest BCUT2D eigenvalue weighted by Crippen LogP contribution is -2.13. The number of aromatic carboxylic acids is 1. The number of halogens is 1. The van der Waals surface area contributed by atoms with E-state index in [1.807, 2.05) is 13.0 Å². The van der Waals surface area contributed by atoms with Crippen LogP contribution in [0.4, 0.5) is 5.69 Å². The predicted molar refractivity (Wildman–Crippen MR) is 75.3 cm³/mol. The number of nitrogens with one attached hydrogen (secondary N) is 1. The molecule has 0 saturated heterocycles. The molecule has 0 bridgehead atoms. The van der Waals surface area contributed by atoms with Gasteiger partial charge in [-0.2, -0.15) is 0 Å². The lowest BCUT2D eigenvalue weighted by atomic mass is 10.1. The van der Waals surface area contributed by atoms with Gasteiger partial charge in [-0.25, -0.2) is 9.78 Å². The summed E-state index contributed by atoms with van der Waals surface area (Å²) in [5.74, 6) is -1.49. The van der Waals surface area contributed by atoms with Gasteiger partial charge in [0.05, 0.1) is 22.5 Å². The lowest BCUT2D eigenvalue weighted by Gasteiger charge is -2.08. The molecular weight excluding hydrogens is 280 g/mol. The molecule has 1 aromatic heterocycles. The fraction of sp³-hybridized carbons (Fsp3) is 0.0714. The van der Waals surface area contributed by atoms with Crippen LogP contribution in [0.2, 0.25) is 5.02 Å². The molecule has 1 heterocycles. The lowest BCUT2D eigenvalue weighted by molar-refractivity contribution is 0.0690. The third-order valence-electron chi connectivity index (χ3n) is 2.68. The van der Waals surface area contributed by atoms with Crippen molar-refractivity contribution < 1.29 is 14.7 Å². The summed E-state index contributed by atoms with van der Waals surface area (Å²) in [5, 5.41) is 11.7. The molecule has 0 radical (unpaired) electrons. The molecule has 0 unspecified atom stereocenters. The number of amides is 1. The van der Waals surface area contributed by atoms with E-state index < -0.39 is 5.97 Å². The summed E-state index contributed by atoms with van der Waals surface area (Å²) in [4.78, 5) is 26.5. The number of nitrogens with zero attached hydrogens (tertiary/aromatic N) is 1. The molecule has 20 heavy (non-hydrogen) atoms. The minimum absolute atomic E-state index is 0.0865. The molecule has 0 saturated carbocycles. The van der Waals surface area contributed by atoms with E-state index >= 15 is 0 Å². The van der Waals surface area contributed by atoms with Gasteiger partial charge in [-0.05, 0) is 30.7 Å². The Morgan fingerprint density at radius 2 is 2.00 bits per heavy atom. The van der Waals surface area contributed by atoms with E-state index in [4.69, 9.17) is 16.7 Å². The Kier molecular flexibility index (Phi) is 4.00. The van der Waals surface area contributed by atoms with Gasteiger partial charge in [0.2, 0.25) is 0 Å². The van der Waals surface area contributed by atoms with Gasteiger partial charge in [-0.15, -0.1) is 0 Å². The average Bonchev–Trinajstić information content (AvgIpc) is 2.42. The smallest absolute Gasteiger partial charge is 0.354 e. The number of carbonyl (C=O) groups excluding carboxylic acids is 1. The molecule has 0 aliphatic heterocycles. The average molecular weight is 291 g/mol. The second-order valence-electron chi connectivity index (χ2n) is 4.13. The highest BCUT2D eigenvalue weighted by atomic mass is 35.5. The van der Waals surface area contributed by atoms with Crippen LogP contribution in [-0.2, 0) is 0 Å². The molecule has 0 fully saturated rings. The standard InChI is InChI=1S/C14H11ClN2O3/c1-8-3-2-4-10(12(8)15)13(18)17-9-5-6-11(14(19)20)16-7-9/h2-7H,1H3,(H,17,18)(H,19,20). The van der Waals surface area contributed by atoms with Gasteiger partial charge in [0.25, 0.3) is 5.91 Å². The number of aromatic nitrogens is 1. The third-order valence-corrected chi connectivity index (χ3v) is 3.18. The normalized spacial score (nSPS) is 10.1. The van der Waals surface area contributed by atoms with E-state index in [0.717, 1.165) is 5.56 Å². The molecule has 102 valence electrons. The Hall–Kier alpha value is -2.40. The Morgan fingerprint density at radius 3 is 2.60 bits per heavy atom. The number of aryl methyl sites for hydroxylation is 1. The molecule has 1 amide bonds. The molecule has 0 atom stereocenters. The third kappa shape index (κ3) is 2.95. The first-order chi connectivity index (χ1) is 9.49. The van der Waals surface area contributed by atoms with Gasteiger partial charge in [-0.3, -0.25) is 4.79 Å². The highest BCUT2D eigenvalue weighted by Gasteiger charge is 2.12. The van der Waals surface area contributed by atoms with Gasteiger partial charge < -0.3 is 10.4 Å². The first kappa shape index (κ1) is 14.0. The van der Waals surface area contributed by atoms with Crippen LogP contribution in [0.15, 0.2) is 36.5 Å². The van der Waals surface area contributed by atoms with Gasteiger partial charge in [-0.1, -0.05) is 23.7 Å². The van der Waals surface area contributed by atoms with Crippen molar-refractivity contribution in [1.82, 2.24) is 4.98 Å². The predicted octanol–water partition coefficient (Wildman–Crippen LogP) is 2.99. The van der Waals surface area contributed by atoms with E-state index in [0.29, 0.717) is 16.3 Å². The molecule has 0 aliphatic carbocycles. The van der Waals surface area contributed by atoms with Crippen LogP contribution in [0.25, 0.3) is 0 Å². The molecule has 5 nitrogen and oxygen atoms in total. The van der Waals surface area contributed by atoms with Crippen LogP contribution in [0.5, 0.6) is 0 Å². The summed E-state index contributed by atoms with van der Waals surface area (Å²) < 4.78 is 0. The van der Waals surface area contributed by atoms with Crippen molar-refractivity contribution in [3.05, 3.63) is 58.4 Å². The number of hydrogen-bond acceptors (Lipinski definition) is 3. The van der Waals surface area contributed by atoms with Crippen molar-refractivity contribution in [3.8, 4) is 0 Å². The molecule has 0 aliphatic rings. The molecule has 0 spiro atoms. The first-order valence-corrected chi connectivity index (χ1v) is 6.12. The van der Waals surface area contributed by atoms with Gasteiger partial charge in [0, 0.05) is 0 Å². The number of hydrogen-bond donors (Lipinski definition) is 2. The maximum Gasteiger partial charge on any atom is 0.354 e. The van der Waals surface area contributed by atoms with Crippen molar-refractivity contribution >= 4 is 29.2 Å². The maximum atomic E-state index is 12.1. The van der Waals surface area contributed by atoms with Crippen LogP contribution < -0.4 is 5.32 Å². The van der Waals surface area contributed by atoms with E-state index in [-0.39, 0.29) is 11.6 Å². The molecule has 2 rings (SSSR count). The number of pyridine rings is 1. The Balaban J connectivity index is 2.19. The molecule has 1 aromatic carbocycles. The van der Waals surface area contributed by atoms with E-state index in [9.17, 15) is 9.59 Å². The van der Waals surface area contributed by atoms with Gasteiger partial charge >= 0.3 is 5.97 Å². The number of anilines is 1. The monoisotopic (exact) mass is 290 g/mol. The second-order valence-corrected chi connectivity index (χ2v) is 4.51. The van der Waals surface area contributed by atoms with E-state index in [2.05, 4.69) is 10.3 Å². The first-order valence-electron chi connectivity index (χ1n) is 5.75. The van der Waals surface area contributed by atoms with Gasteiger partial charge in [0.1, 0.15) is 5.69 Å². The largest absolute Gasteiger partial charge is 0.477 e. The topological polar surface area (TPSA) is 79.3 Å². The highest BCUT2D eigenvalue weighted by molar-refractivity contribution is 6.35. The van der Waals surface area contributed by atoms with Crippen LogP contribution in [0.1, 0.15) is 26.4 Å². The summed E-state index contributed by atoms with van der Waals surface area (Å²) in [7, 11) is 0. The zero-order valence-corrected chi connectivity index (χ0v) is 11.3. The Bertz CT molecular complexity index is 669. The van der Waals surface area contributed by atoms with Crippen molar-refractivity contribution in [2.45, 2.75) is 6.92 Å². The fourth-order valence-electron chi connectivity index (χ4n) is 1.62. The van der Waals surface area contributed by atoms with Crippen molar-refractivity contribution in [2.75, 3.05) is 5.32 Å².